The van der Waals surface area contributed by atoms with Crippen molar-refractivity contribution in [3.05, 3.63) is 96.7 Å². The highest BCUT2D eigenvalue weighted by Crippen LogP contribution is 2.28. The summed E-state index contributed by atoms with van der Waals surface area (Å²) in [6.45, 7) is 4.26. The van der Waals surface area contributed by atoms with Gasteiger partial charge in [-0.3, -0.25) is 0 Å². The highest BCUT2D eigenvalue weighted by atomic mass is 79.9. The molecule has 1 N–H and O–H groups in total. The van der Waals surface area contributed by atoms with Gasteiger partial charge in [0.25, 0.3) is 0 Å². The van der Waals surface area contributed by atoms with Gasteiger partial charge >= 0.3 is 19.6 Å². The number of aryl methyl sites for hydroxylation is 2. The molecule has 14 heteroatoms. The largest absolute Gasteiger partial charge is 0.569 e. The molecule has 1 radical (unpaired) electrons. The van der Waals surface area contributed by atoms with E-state index < -0.39 is 5.97 Å². The Morgan fingerprint density at radius 1 is 0.804 bits per heavy atom. The SMILES string of the molecule is CCOC(=O)c1nc(-c2cccc(Br)c2)nc2c1CCC2.CCOC(=O)c1nc(Cl)nc2c1CCC2.O[B]Oc1cccc(Br)c1. The van der Waals surface area contributed by atoms with Gasteiger partial charge in [0.2, 0.25) is 5.28 Å². The number of fused-ring (bicyclic) bond motifs is 2. The number of halogens is 3. The van der Waals surface area contributed by atoms with Crippen LogP contribution in [-0.2, 0) is 35.2 Å². The van der Waals surface area contributed by atoms with E-state index in [1.54, 1.807) is 26.0 Å². The van der Waals surface area contributed by atoms with E-state index in [-0.39, 0.29) is 11.3 Å². The predicted molar refractivity (Wildman–Crippen MR) is 181 cm³/mol. The quantitative estimate of drug-likeness (QED) is 0.123. The summed E-state index contributed by atoms with van der Waals surface area (Å²) in [7, 11) is 0.655. The molecule has 2 aromatic heterocycles. The lowest BCUT2D eigenvalue weighted by Crippen LogP contribution is -2.13. The number of hydrogen-bond donors (Lipinski definition) is 1. The fraction of sp³-hybridized carbons (Fsp3) is 0.312. The Hall–Kier alpha value is -3.39. The van der Waals surface area contributed by atoms with Gasteiger partial charge in [0.05, 0.1) is 13.2 Å². The second-order valence-corrected chi connectivity index (χ2v) is 12.1. The van der Waals surface area contributed by atoms with Crippen molar-refractivity contribution in [1.82, 2.24) is 19.9 Å². The smallest absolute Gasteiger partial charge is 0.537 e. The first-order chi connectivity index (χ1) is 22.2. The summed E-state index contributed by atoms with van der Waals surface area (Å²) in [5.74, 6) is 0.436. The van der Waals surface area contributed by atoms with Crippen molar-refractivity contribution < 1.29 is 28.7 Å². The van der Waals surface area contributed by atoms with E-state index in [0.29, 0.717) is 43.9 Å². The molecule has 2 aromatic carbocycles. The van der Waals surface area contributed by atoms with Crippen LogP contribution in [0.3, 0.4) is 0 Å². The van der Waals surface area contributed by atoms with Crippen LogP contribution in [0, 0.1) is 0 Å². The first-order valence-corrected chi connectivity index (χ1v) is 16.6. The third-order valence-corrected chi connectivity index (χ3v) is 8.00. The molecule has 0 atom stereocenters. The van der Waals surface area contributed by atoms with Gasteiger partial charge in [-0.25, -0.2) is 29.5 Å². The van der Waals surface area contributed by atoms with Gasteiger partial charge in [-0.2, -0.15) is 0 Å². The number of aromatic nitrogens is 4. The number of rotatable bonds is 7. The normalized spacial score (nSPS) is 12.4. The van der Waals surface area contributed by atoms with Crippen molar-refractivity contribution in [2.24, 2.45) is 0 Å². The van der Waals surface area contributed by atoms with Gasteiger partial charge < -0.3 is 19.2 Å². The van der Waals surface area contributed by atoms with Crippen LogP contribution < -0.4 is 4.65 Å². The number of nitrogens with zero attached hydrogens (tertiary/aromatic N) is 4. The molecule has 0 amide bonds. The molecule has 0 saturated carbocycles. The van der Waals surface area contributed by atoms with Crippen LogP contribution in [0.4, 0.5) is 0 Å². The first-order valence-electron chi connectivity index (χ1n) is 14.7. The second-order valence-electron chi connectivity index (χ2n) is 9.93. The van der Waals surface area contributed by atoms with Crippen LogP contribution in [0.15, 0.2) is 57.5 Å². The summed E-state index contributed by atoms with van der Waals surface area (Å²) >= 11 is 12.4. The first kappa shape index (κ1) is 35.5. The third kappa shape index (κ3) is 9.57. The highest BCUT2D eigenvalue weighted by molar-refractivity contribution is 9.10. The maximum absolute atomic E-state index is 12.1. The molecule has 0 unspecified atom stereocenters. The lowest BCUT2D eigenvalue weighted by atomic mass is 10.1. The Kier molecular flexibility index (Phi) is 13.5. The Bertz CT molecular complexity index is 1700. The van der Waals surface area contributed by atoms with E-state index in [1.165, 1.54) is 0 Å². The molecule has 0 bridgehead atoms. The molecular formula is C32H31BBr2ClN4O6. The molecule has 0 spiro atoms. The third-order valence-electron chi connectivity index (χ3n) is 6.84. The van der Waals surface area contributed by atoms with Crippen LogP contribution in [0.5, 0.6) is 5.75 Å². The zero-order chi connectivity index (χ0) is 33.1. The van der Waals surface area contributed by atoms with Gasteiger partial charge in [0.1, 0.15) is 5.75 Å². The molecule has 0 aliphatic heterocycles. The van der Waals surface area contributed by atoms with E-state index >= 15 is 0 Å². The van der Waals surface area contributed by atoms with Crippen molar-refractivity contribution in [2.75, 3.05) is 13.2 Å². The van der Waals surface area contributed by atoms with Gasteiger partial charge in [0, 0.05) is 37.0 Å². The Morgan fingerprint density at radius 2 is 1.37 bits per heavy atom. The minimum Gasteiger partial charge on any atom is -0.537 e. The van der Waals surface area contributed by atoms with E-state index in [1.807, 2.05) is 36.4 Å². The van der Waals surface area contributed by atoms with E-state index in [4.69, 9.17) is 26.1 Å². The molecule has 2 heterocycles. The summed E-state index contributed by atoms with van der Waals surface area (Å²) in [6.07, 6.45) is 5.45. The summed E-state index contributed by atoms with van der Waals surface area (Å²) in [6, 6.07) is 15.0. The number of carbonyl (C=O) groups is 2. The average molecular weight is 774 g/mol. The number of esters is 2. The zero-order valence-electron chi connectivity index (χ0n) is 25.3. The van der Waals surface area contributed by atoms with Gasteiger partial charge in [-0.1, -0.05) is 50.1 Å². The summed E-state index contributed by atoms with van der Waals surface area (Å²) < 4.78 is 16.6. The summed E-state index contributed by atoms with van der Waals surface area (Å²) in [5.41, 5.74) is 5.37. The van der Waals surface area contributed by atoms with Crippen molar-refractivity contribution in [3.63, 3.8) is 0 Å². The Morgan fingerprint density at radius 3 is 1.93 bits per heavy atom. The Labute approximate surface area is 289 Å². The molecule has 2 aliphatic carbocycles. The van der Waals surface area contributed by atoms with Gasteiger partial charge in [-0.15, -0.1) is 0 Å². The van der Waals surface area contributed by atoms with Gasteiger partial charge in [0.15, 0.2) is 17.2 Å². The number of benzene rings is 2. The molecule has 46 heavy (non-hydrogen) atoms. The summed E-state index contributed by atoms with van der Waals surface area (Å²) in [4.78, 5) is 40.9. The van der Waals surface area contributed by atoms with Crippen molar-refractivity contribution in [3.8, 4) is 17.1 Å². The number of hydrogen-bond acceptors (Lipinski definition) is 10. The lowest BCUT2D eigenvalue weighted by Gasteiger charge is -2.09. The zero-order valence-corrected chi connectivity index (χ0v) is 29.2. The van der Waals surface area contributed by atoms with Crippen molar-refractivity contribution >= 4 is 63.1 Å². The molecule has 239 valence electrons. The van der Waals surface area contributed by atoms with E-state index in [2.05, 4.69) is 56.5 Å². The van der Waals surface area contributed by atoms with Crippen LogP contribution in [0.1, 0.15) is 70.2 Å². The van der Waals surface area contributed by atoms with Crippen LogP contribution in [-0.4, -0.2) is 57.8 Å². The van der Waals surface area contributed by atoms with Gasteiger partial charge in [-0.05, 0) is 94.3 Å². The topological polar surface area (TPSA) is 134 Å². The van der Waals surface area contributed by atoms with E-state index in [9.17, 15) is 9.59 Å². The van der Waals surface area contributed by atoms with Crippen molar-refractivity contribution in [2.45, 2.75) is 52.4 Å². The molecule has 0 fully saturated rings. The van der Waals surface area contributed by atoms with Crippen molar-refractivity contribution in [1.29, 1.82) is 0 Å². The minimum absolute atomic E-state index is 0.124. The molecule has 0 saturated heterocycles. The maximum atomic E-state index is 12.1. The van der Waals surface area contributed by atoms with Crippen LogP contribution in [0.25, 0.3) is 11.4 Å². The molecular weight excluding hydrogens is 742 g/mol. The summed E-state index contributed by atoms with van der Waals surface area (Å²) in [5, 5.41) is 8.37. The number of carbonyl (C=O) groups excluding carboxylic acids is 2. The molecule has 6 rings (SSSR count). The average Bonchev–Trinajstić information content (AvgIpc) is 3.71. The Balaban J connectivity index is 0.000000168. The second kappa shape index (κ2) is 17.5. The van der Waals surface area contributed by atoms with E-state index in [0.717, 1.165) is 75.5 Å². The molecule has 10 nitrogen and oxygen atoms in total. The standard InChI is InChI=1S/C16H15BrN2O2.C10H11ClN2O2.C6H5BBrO2/c1-2-21-16(20)14-12-7-4-8-13(12)18-15(19-14)10-5-3-6-11(17)9-10;1-2-15-9(14)8-6-4-3-5-7(6)12-10(11)13-8;8-5-2-1-3-6(4-5)10-7-9/h3,5-6,9H,2,4,7-8H2,1H3;2-5H2,1H3;1-4,9H. The monoisotopic (exact) mass is 771 g/mol. The number of ether oxygens (including phenoxy) is 2. The molecule has 4 aromatic rings. The maximum Gasteiger partial charge on any atom is 0.569 e. The predicted octanol–water partition coefficient (Wildman–Crippen LogP) is 6.72. The van der Waals surface area contributed by atoms with Crippen LogP contribution >= 0.6 is 43.5 Å². The molecule has 2 aliphatic rings. The lowest BCUT2D eigenvalue weighted by molar-refractivity contribution is 0.0508. The fourth-order valence-corrected chi connectivity index (χ4v) is 5.89. The highest BCUT2D eigenvalue weighted by Gasteiger charge is 2.25. The fourth-order valence-electron chi connectivity index (χ4n) is 4.93. The van der Waals surface area contributed by atoms with Crippen LogP contribution in [0.2, 0.25) is 5.28 Å². The minimum atomic E-state index is -0.403.